The summed E-state index contributed by atoms with van der Waals surface area (Å²) in [6.07, 6.45) is 0. The van der Waals surface area contributed by atoms with E-state index >= 15 is 0 Å². The van der Waals surface area contributed by atoms with Gasteiger partial charge in [-0.15, -0.1) is 0 Å². The van der Waals surface area contributed by atoms with Crippen molar-refractivity contribution in [2.75, 3.05) is 0 Å². The van der Waals surface area contributed by atoms with E-state index in [0.29, 0.717) is 0 Å². The van der Waals surface area contributed by atoms with Crippen LogP contribution in [-0.2, 0) is 0 Å². The first kappa shape index (κ1) is 7.29. The average Bonchev–Trinajstić information content (AvgIpc) is 2.15. The van der Waals surface area contributed by atoms with Crippen LogP contribution >= 0.6 is 0 Å². The van der Waals surface area contributed by atoms with Crippen molar-refractivity contribution in [2.45, 2.75) is 0 Å². The molecule has 0 aliphatic carbocycles. The van der Waals surface area contributed by atoms with Crippen molar-refractivity contribution >= 4 is 0 Å². The zero-order valence-electron chi connectivity index (χ0n) is 5.61. The van der Waals surface area contributed by atoms with Crippen molar-refractivity contribution in [3.05, 3.63) is 40.1 Å². The maximum absolute atomic E-state index is 10.8. The van der Waals surface area contributed by atoms with Gasteiger partial charge in [0.25, 0.3) is 0 Å². The molecular weight excluding hydrogens is 142 g/mol. The van der Waals surface area contributed by atoms with Gasteiger partial charge in [0.05, 0.1) is 11.6 Å². The van der Waals surface area contributed by atoms with Gasteiger partial charge in [0.1, 0.15) is 0 Å². The third kappa shape index (κ3) is 1.55. The summed E-state index contributed by atoms with van der Waals surface area (Å²) < 4.78 is 0. The minimum Gasteiger partial charge on any atom is -0.504 e. The molecular formula is C8H5NO2. The predicted molar refractivity (Wildman–Crippen MR) is 39.1 cm³/mol. The predicted octanol–water partition coefficient (Wildman–Crippen LogP) is 0.624. The summed E-state index contributed by atoms with van der Waals surface area (Å²) in [5.74, 6) is -0.341. The fourth-order valence-corrected chi connectivity index (χ4v) is 0.658. The van der Waals surface area contributed by atoms with Crippen LogP contribution in [0.1, 0.15) is 5.56 Å². The second-order valence-electron chi connectivity index (χ2n) is 1.99. The van der Waals surface area contributed by atoms with Gasteiger partial charge >= 0.3 is 0 Å². The maximum atomic E-state index is 10.8. The van der Waals surface area contributed by atoms with Gasteiger partial charge in [-0.1, -0.05) is 6.07 Å². The molecule has 0 bridgehead atoms. The third-order valence-corrected chi connectivity index (χ3v) is 1.20. The number of nitrogens with zero attached hydrogens (tertiary/aromatic N) is 1. The first-order valence-corrected chi connectivity index (χ1v) is 2.97. The average molecular weight is 147 g/mol. The molecule has 1 rings (SSSR count). The van der Waals surface area contributed by atoms with Crippen molar-refractivity contribution < 1.29 is 5.11 Å². The van der Waals surface area contributed by atoms with Crippen molar-refractivity contribution in [1.29, 1.82) is 5.26 Å². The molecule has 0 heterocycles. The minimum atomic E-state index is -0.536. The van der Waals surface area contributed by atoms with Crippen LogP contribution in [0.5, 0.6) is 5.75 Å². The molecule has 0 saturated carbocycles. The molecule has 0 spiro atoms. The van der Waals surface area contributed by atoms with E-state index in [2.05, 4.69) is 0 Å². The number of nitriles is 1. The molecule has 0 fully saturated rings. The Morgan fingerprint density at radius 2 is 2.18 bits per heavy atom. The SMILES string of the molecule is N#Cc1cccc(O)c(=O)c1. The topological polar surface area (TPSA) is 61.1 Å². The molecule has 0 amide bonds. The molecule has 11 heavy (non-hydrogen) atoms. The normalized spacial score (nSPS) is 8.64. The molecule has 0 aliphatic rings. The largest absolute Gasteiger partial charge is 0.504 e. The molecule has 0 aromatic heterocycles. The highest BCUT2D eigenvalue weighted by atomic mass is 16.3. The van der Waals surface area contributed by atoms with E-state index in [4.69, 9.17) is 10.4 Å². The van der Waals surface area contributed by atoms with Crippen LogP contribution in [0, 0.1) is 11.3 Å². The van der Waals surface area contributed by atoms with E-state index in [1.807, 2.05) is 0 Å². The molecule has 0 aliphatic heterocycles. The summed E-state index contributed by atoms with van der Waals surface area (Å²) in [6, 6.07) is 7.06. The molecule has 0 radical (unpaired) electrons. The van der Waals surface area contributed by atoms with Crippen molar-refractivity contribution in [3.8, 4) is 11.8 Å². The van der Waals surface area contributed by atoms with Gasteiger partial charge in [-0.2, -0.15) is 5.26 Å². The van der Waals surface area contributed by atoms with E-state index in [1.54, 1.807) is 6.07 Å². The van der Waals surface area contributed by atoms with Crippen molar-refractivity contribution in [3.63, 3.8) is 0 Å². The van der Waals surface area contributed by atoms with Gasteiger partial charge in [0.15, 0.2) is 5.75 Å². The molecule has 1 N–H and O–H groups in total. The van der Waals surface area contributed by atoms with Crippen molar-refractivity contribution in [1.82, 2.24) is 0 Å². The van der Waals surface area contributed by atoms with Gasteiger partial charge in [-0.3, -0.25) is 4.79 Å². The molecule has 0 unspecified atom stereocenters. The van der Waals surface area contributed by atoms with Gasteiger partial charge < -0.3 is 5.11 Å². The van der Waals surface area contributed by atoms with Crippen LogP contribution < -0.4 is 5.43 Å². The second-order valence-corrected chi connectivity index (χ2v) is 1.99. The van der Waals surface area contributed by atoms with E-state index in [1.165, 1.54) is 18.2 Å². The smallest absolute Gasteiger partial charge is 0.221 e. The summed E-state index contributed by atoms with van der Waals surface area (Å²) in [5.41, 5.74) is -0.290. The maximum Gasteiger partial charge on any atom is 0.221 e. The Bertz CT molecular complexity index is 365. The Balaban J connectivity index is 3.48. The van der Waals surface area contributed by atoms with Crippen LogP contribution in [0.15, 0.2) is 29.1 Å². The van der Waals surface area contributed by atoms with Gasteiger partial charge in [-0.05, 0) is 12.1 Å². The van der Waals surface area contributed by atoms with Gasteiger partial charge in [0.2, 0.25) is 5.43 Å². The summed E-state index contributed by atoms with van der Waals surface area (Å²) >= 11 is 0. The Kier molecular flexibility index (Phi) is 1.88. The zero-order chi connectivity index (χ0) is 8.27. The van der Waals surface area contributed by atoms with Crippen LogP contribution in [-0.4, -0.2) is 5.11 Å². The molecule has 1 aromatic carbocycles. The third-order valence-electron chi connectivity index (χ3n) is 1.20. The van der Waals surface area contributed by atoms with E-state index in [0.717, 1.165) is 6.07 Å². The highest BCUT2D eigenvalue weighted by Gasteiger charge is 1.93. The number of hydrogen-bond acceptors (Lipinski definition) is 3. The zero-order valence-corrected chi connectivity index (χ0v) is 5.61. The van der Waals surface area contributed by atoms with E-state index in [9.17, 15) is 4.79 Å². The van der Waals surface area contributed by atoms with Crippen LogP contribution in [0.3, 0.4) is 0 Å². The van der Waals surface area contributed by atoms with E-state index < -0.39 is 5.43 Å². The lowest BCUT2D eigenvalue weighted by Gasteiger charge is -1.75. The standard InChI is InChI=1S/C8H5NO2/c9-5-6-2-1-3-7(10)8(11)4-6/h1-4H,(H,10,11). The molecule has 1 aromatic rings. The lowest BCUT2D eigenvalue weighted by molar-refractivity contribution is 0.471. The van der Waals surface area contributed by atoms with Crippen molar-refractivity contribution in [2.24, 2.45) is 0 Å². The lowest BCUT2D eigenvalue weighted by Crippen LogP contribution is -1.93. The van der Waals surface area contributed by atoms with Gasteiger partial charge in [-0.25, -0.2) is 0 Å². The summed E-state index contributed by atoms with van der Waals surface area (Å²) in [5, 5.41) is 17.3. The first-order valence-electron chi connectivity index (χ1n) is 2.97. The molecule has 54 valence electrons. The highest BCUT2D eigenvalue weighted by Crippen LogP contribution is 1.98. The molecule has 3 heteroatoms. The quantitative estimate of drug-likeness (QED) is 0.585. The number of hydrogen-bond donors (Lipinski definition) is 1. The first-order chi connectivity index (χ1) is 5.24. The summed E-state index contributed by atoms with van der Waals surface area (Å²) in [7, 11) is 0. The van der Waals surface area contributed by atoms with Crippen LogP contribution in [0.4, 0.5) is 0 Å². The monoisotopic (exact) mass is 147 g/mol. The molecule has 0 saturated heterocycles. The molecule has 0 atom stereocenters. The fraction of sp³-hybridized carbons (Fsp3) is 0. The van der Waals surface area contributed by atoms with Crippen LogP contribution in [0.25, 0.3) is 0 Å². The Morgan fingerprint density at radius 3 is 2.82 bits per heavy atom. The number of rotatable bonds is 0. The Morgan fingerprint density at radius 1 is 1.45 bits per heavy atom. The van der Waals surface area contributed by atoms with E-state index in [-0.39, 0.29) is 11.3 Å². The van der Waals surface area contributed by atoms with Crippen LogP contribution in [0.2, 0.25) is 0 Å². The number of aromatic hydroxyl groups is 1. The van der Waals surface area contributed by atoms with Gasteiger partial charge in [0, 0.05) is 6.07 Å². The Labute approximate surface area is 63.2 Å². The Hall–Kier alpha value is -1.82. The summed E-state index contributed by atoms with van der Waals surface area (Å²) in [6.45, 7) is 0. The highest BCUT2D eigenvalue weighted by molar-refractivity contribution is 5.31. The lowest BCUT2D eigenvalue weighted by atomic mass is 10.3. The fourth-order valence-electron chi connectivity index (χ4n) is 0.658. The molecule has 3 nitrogen and oxygen atoms in total. The second kappa shape index (κ2) is 2.84. The minimum absolute atomic E-state index is 0.246. The summed E-state index contributed by atoms with van der Waals surface area (Å²) in [4.78, 5) is 10.8.